The van der Waals surface area contributed by atoms with Crippen LogP contribution in [0, 0.1) is 0 Å². The summed E-state index contributed by atoms with van der Waals surface area (Å²) in [7, 11) is 0. The number of hydrogen-bond donors (Lipinski definition) is 0. The Balaban J connectivity index is 1.64. The Labute approximate surface area is 321 Å². The standard InChI is InChI=1S/C49H67BrO/c1-46(2,3)38-20-26-41(27-21-38)49(42-28-22-39(23-29-42)47(4,5)6,43-30-24-40(25-31-43)48(7,8)9)44-32-34-45(35-33-44)51-37-19-17-15-13-11-10-12-14-16-18-36-50/h20-35H,10-19,36-37H2,1-9H3. The van der Waals surface area contributed by atoms with Crippen molar-refractivity contribution in [2.24, 2.45) is 0 Å². The number of halogens is 1. The molecule has 0 aliphatic carbocycles. The third kappa shape index (κ3) is 11.1. The largest absolute Gasteiger partial charge is 0.494 e. The lowest BCUT2D eigenvalue weighted by molar-refractivity contribution is 0.304. The molecule has 0 unspecified atom stereocenters. The van der Waals surface area contributed by atoms with Gasteiger partial charge in [-0.15, -0.1) is 0 Å². The molecule has 276 valence electrons. The van der Waals surface area contributed by atoms with E-state index in [1.165, 1.54) is 96.7 Å². The predicted molar refractivity (Wildman–Crippen MR) is 226 cm³/mol. The van der Waals surface area contributed by atoms with Gasteiger partial charge in [-0.3, -0.25) is 0 Å². The predicted octanol–water partition coefficient (Wildman–Crippen LogP) is 14.6. The fourth-order valence-corrected chi connectivity index (χ4v) is 7.66. The van der Waals surface area contributed by atoms with E-state index in [2.05, 4.69) is 175 Å². The van der Waals surface area contributed by atoms with Crippen molar-refractivity contribution in [3.05, 3.63) is 136 Å². The number of unbranched alkanes of at least 4 members (excludes halogenated alkanes) is 9. The molecular formula is C49H67BrO. The van der Waals surface area contributed by atoms with Crippen molar-refractivity contribution in [3.63, 3.8) is 0 Å². The van der Waals surface area contributed by atoms with Crippen LogP contribution in [0.25, 0.3) is 0 Å². The Kier molecular flexibility index (Phi) is 14.7. The van der Waals surface area contributed by atoms with Gasteiger partial charge in [-0.1, -0.05) is 215 Å². The van der Waals surface area contributed by atoms with E-state index in [0.29, 0.717) is 0 Å². The van der Waals surface area contributed by atoms with E-state index in [1.54, 1.807) is 0 Å². The number of ether oxygens (including phenoxy) is 1. The fraction of sp³-hybridized carbons (Fsp3) is 0.510. The first-order valence-electron chi connectivity index (χ1n) is 19.8. The summed E-state index contributed by atoms with van der Waals surface area (Å²) in [4.78, 5) is 0. The molecule has 0 atom stereocenters. The minimum atomic E-state index is -0.504. The van der Waals surface area contributed by atoms with Gasteiger partial charge in [-0.2, -0.15) is 0 Å². The quantitative estimate of drug-likeness (QED) is 0.0593. The van der Waals surface area contributed by atoms with Crippen molar-refractivity contribution >= 4 is 15.9 Å². The zero-order valence-corrected chi connectivity index (χ0v) is 35.1. The minimum Gasteiger partial charge on any atom is -0.494 e. The second-order valence-electron chi connectivity index (χ2n) is 17.8. The second kappa shape index (κ2) is 18.3. The number of hydrogen-bond acceptors (Lipinski definition) is 1. The summed E-state index contributed by atoms with van der Waals surface area (Å²) in [5.41, 5.74) is 8.83. The van der Waals surface area contributed by atoms with Crippen LogP contribution < -0.4 is 4.74 Å². The molecule has 0 aliphatic heterocycles. The van der Waals surface area contributed by atoms with Gasteiger partial charge in [0.05, 0.1) is 12.0 Å². The number of alkyl halides is 1. The summed E-state index contributed by atoms with van der Waals surface area (Å²) in [5.74, 6) is 0.949. The Morgan fingerprint density at radius 3 is 0.902 bits per heavy atom. The van der Waals surface area contributed by atoms with Gasteiger partial charge >= 0.3 is 0 Å². The van der Waals surface area contributed by atoms with E-state index < -0.39 is 5.41 Å². The van der Waals surface area contributed by atoms with Crippen LogP contribution in [0.1, 0.15) is 165 Å². The lowest BCUT2D eigenvalue weighted by Crippen LogP contribution is -2.31. The summed E-state index contributed by atoms with van der Waals surface area (Å²) in [6, 6.07) is 37.2. The van der Waals surface area contributed by atoms with Crippen LogP contribution in [0.3, 0.4) is 0 Å². The van der Waals surface area contributed by atoms with Crippen LogP contribution in [0.15, 0.2) is 97.1 Å². The van der Waals surface area contributed by atoms with Crippen LogP contribution in [0.2, 0.25) is 0 Å². The van der Waals surface area contributed by atoms with Crippen LogP contribution in [0.5, 0.6) is 5.75 Å². The molecule has 4 rings (SSSR count). The smallest absolute Gasteiger partial charge is 0.119 e. The molecule has 0 aromatic heterocycles. The van der Waals surface area contributed by atoms with Crippen molar-refractivity contribution < 1.29 is 4.74 Å². The summed E-state index contributed by atoms with van der Waals surface area (Å²) in [6.07, 6.45) is 13.2. The van der Waals surface area contributed by atoms with Crippen LogP contribution in [-0.4, -0.2) is 11.9 Å². The molecule has 0 N–H and O–H groups in total. The molecule has 0 fully saturated rings. The second-order valence-corrected chi connectivity index (χ2v) is 18.6. The van der Waals surface area contributed by atoms with Crippen molar-refractivity contribution in [2.45, 2.75) is 148 Å². The monoisotopic (exact) mass is 750 g/mol. The summed E-state index contributed by atoms with van der Waals surface area (Å²) in [5, 5.41) is 1.14. The molecule has 2 heteroatoms. The Morgan fingerprint density at radius 2 is 0.608 bits per heavy atom. The SMILES string of the molecule is CC(C)(C)c1ccc(C(c2ccc(OCCCCCCCCCCCCBr)cc2)(c2ccc(C(C)(C)C)cc2)c2ccc(C(C)(C)C)cc2)cc1. The van der Waals surface area contributed by atoms with E-state index in [-0.39, 0.29) is 16.2 Å². The Bertz CT molecular complexity index is 1440. The number of benzene rings is 4. The van der Waals surface area contributed by atoms with Gasteiger partial charge in [-0.05, 0) is 80.2 Å². The van der Waals surface area contributed by atoms with Crippen molar-refractivity contribution in [3.8, 4) is 5.75 Å². The average molecular weight is 752 g/mol. The van der Waals surface area contributed by atoms with E-state index in [4.69, 9.17) is 4.74 Å². The van der Waals surface area contributed by atoms with Crippen molar-refractivity contribution in [1.29, 1.82) is 0 Å². The van der Waals surface area contributed by atoms with Crippen molar-refractivity contribution in [2.75, 3.05) is 11.9 Å². The number of rotatable bonds is 17. The van der Waals surface area contributed by atoms with E-state index in [0.717, 1.165) is 24.1 Å². The third-order valence-electron chi connectivity index (χ3n) is 10.6. The van der Waals surface area contributed by atoms with E-state index in [1.807, 2.05) is 0 Å². The van der Waals surface area contributed by atoms with Gasteiger partial charge in [0.1, 0.15) is 5.75 Å². The molecule has 0 saturated heterocycles. The molecule has 0 spiro atoms. The molecule has 0 heterocycles. The topological polar surface area (TPSA) is 9.23 Å². The van der Waals surface area contributed by atoms with Gasteiger partial charge in [0.2, 0.25) is 0 Å². The summed E-state index contributed by atoms with van der Waals surface area (Å²) >= 11 is 3.54. The fourth-order valence-electron chi connectivity index (χ4n) is 7.26. The highest BCUT2D eigenvalue weighted by molar-refractivity contribution is 9.09. The first kappa shape index (κ1) is 40.9. The van der Waals surface area contributed by atoms with Crippen molar-refractivity contribution in [1.82, 2.24) is 0 Å². The average Bonchev–Trinajstić information content (AvgIpc) is 3.09. The summed E-state index contributed by atoms with van der Waals surface area (Å²) < 4.78 is 6.33. The highest BCUT2D eigenvalue weighted by atomic mass is 79.9. The zero-order chi connectivity index (χ0) is 37.1. The van der Waals surface area contributed by atoms with Crippen LogP contribution in [-0.2, 0) is 21.7 Å². The molecule has 0 bridgehead atoms. The van der Waals surface area contributed by atoms with Crippen LogP contribution >= 0.6 is 15.9 Å². The van der Waals surface area contributed by atoms with Gasteiger partial charge < -0.3 is 4.74 Å². The molecule has 1 nitrogen and oxygen atoms in total. The van der Waals surface area contributed by atoms with Gasteiger partial charge in [0.15, 0.2) is 0 Å². The molecule has 0 radical (unpaired) electrons. The minimum absolute atomic E-state index is 0.0788. The zero-order valence-electron chi connectivity index (χ0n) is 33.5. The van der Waals surface area contributed by atoms with E-state index in [9.17, 15) is 0 Å². The maximum atomic E-state index is 6.33. The highest BCUT2D eigenvalue weighted by Crippen LogP contribution is 2.47. The van der Waals surface area contributed by atoms with Gasteiger partial charge in [0.25, 0.3) is 0 Å². The molecule has 4 aromatic carbocycles. The molecule has 51 heavy (non-hydrogen) atoms. The van der Waals surface area contributed by atoms with Gasteiger partial charge in [-0.25, -0.2) is 0 Å². The molecule has 0 amide bonds. The molecule has 0 aliphatic rings. The molecule has 0 saturated carbocycles. The molecular weight excluding hydrogens is 684 g/mol. The Morgan fingerprint density at radius 1 is 0.353 bits per heavy atom. The lowest BCUT2D eigenvalue weighted by atomic mass is 9.64. The van der Waals surface area contributed by atoms with Gasteiger partial charge in [0, 0.05) is 5.33 Å². The maximum Gasteiger partial charge on any atom is 0.119 e. The summed E-state index contributed by atoms with van der Waals surface area (Å²) in [6.45, 7) is 21.4. The normalized spacial score (nSPS) is 12.7. The highest BCUT2D eigenvalue weighted by Gasteiger charge is 2.39. The first-order valence-corrected chi connectivity index (χ1v) is 20.9. The lowest BCUT2D eigenvalue weighted by Gasteiger charge is -2.38. The molecule has 4 aromatic rings. The van der Waals surface area contributed by atoms with Crippen LogP contribution in [0.4, 0.5) is 0 Å². The van der Waals surface area contributed by atoms with E-state index >= 15 is 0 Å². The Hall–Kier alpha value is -2.84. The third-order valence-corrected chi connectivity index (χ3v) is 11.2. The maximum absolute atomic E-state index is 6.33. The first-order chi connectivity index (χ1) is 24.2.